The normalized spacial score (nSPS) is 25.5. The van der Waals surface area contributed by atoms with E-state index < -0.39 is 0 Å². The summed E-state index contributed by atoms with van der Waals surface area (Å²) >= 11 is 0. The van der Waals surface area contributed by atoms with Crippen molar-refractivity contribution in [1.29, 1.82) is 0 Å². The van der Waals surface area contributed by atoms with Gasteiger partial charge in [0, 0.05) is 5.69 Å². The lowest BCUT2D eigenvalue weighted by Gasteiger charge is -2.52. The lowest BCUT2D eigenvalue weighted by atomic mass is 9.91. The highest BCUT2D eigenvalue weighted by Crippen LogP contribution is 2.31. The van der Waals surface area contributed by atoms with Gasteiger partial charge in [-0.2, -0.15) is 0 Å². The Labute approximate surface area is 106 Å². The first-order valence-electron chi connectivity index (χ1n) is 6.16. The molecule has 3 rings (SSSR count). The van der Waals surface area contributed by atoms with E-state index in [-0.39, 0.29) is 18.0 Å². The highest BCUT2D eigenvalue weighted by atomic mass is 16.5. The van der Waals surface area contributed by atoms with Crippen LogP contribution in [0.1, 0.15) is 12.1 Å². The lowest BCUT2D eigenvalue weighted by molar-refractivity contribution is -0.166. The third-order valence-electron chi connectivity index (χ3n) is 3.61. The van der Waals surface area contributed by atoms with Crippen LogP contribution in [0.15, 0.2) is 18.3 Å². The van der Waals surface area contributed by atoms with Gasteiger partial charge in [0.15, 0.2) is 0 Å². The summed E-state index contributed by atoms with van der Waals surface area (Å²) in [7, 11) is 1.60. The number of carbonyl (C=O) groups excluding carboxylic acids is 1. The molecule has 18 heavy (non-hydrogen) atoms. The summed E-state index contributed by atoms with van der Waals surface area (Å²) in [4.78, 5) is 18.3. The van der Waals surface area contributed by atoms with Gasteiger partial charge in [-0.05, 0) is 18.6 Å². The van der Waals surface area contributed by atoms with Gasteiger partial charge in [0.25, 0.3) is 0 Å². The molecule has 2 aliphatic rings. The van der Waals surface area contributed by atoms with Crippen molar-refractivity contribution in [2.45, 2.75) is 24.9 Å². The zero-order chi connectivity index (χ0) is 12.5. The van der Waals surface area contributed by atoms with Crippen molar-refractivity contribution < 1.29 is 14.3 Å². The molecule has 5 nitrogen and oxygen atoms in total. The first kappa shape index (κ1) is 11.5. The van der Waals surface area contributed by atoms with Crippen molar-refractivity contribution in [1.82, 2.24) is 9.88 Å². The minimum Gasteiger partial charge on any atom is -0.495 e. The van der Waals surface area contributed by atoms with Gasteiger partial charge in [0.05, 0.1) is 45.0 Å². The number of morpholine rings is 1. The number of hydrogen-bond donors (Lipinski definition) is 0. The maximum atomic E-state index is 12.2. The lowest BCUT2D eigenvalue weighted by Crippen LogP contribution is -2.65. The smallest absolute Gasteiger partial charge is 0.229 e. The molecule has 0 aliphatic carbocycles. The number of ether oxygens (including phenoxy) is 2. The molecule has 1 aromatic rings. The monoisotopic (exact) mass is 248 g/mol. The third-order valence-corrected chi connectivity index (χ3v) is 3.61. The van der Waals surface area contributed by atoms with E-state index in [2.05, 4.69) is 4.98 Å². The van der Waals surface area contributed by atoms with Gasteiger partial charge >= 0.3 is 0 Å². The number of rotatable bonds is 3. The fourth-order valence-corrected chi connectivity index (χ4v) is 2.63. The van der Waals surface area contributed by atoms with E-state index in [1.165, 1.54) is 0 Å². The minimum absolute atomic E-state index is 0.150. The van der Waals surface area contributed by atoms with Crippen LogP contribution in [-0.2, 0) is 16.0 Å². The number of hydrogen-bond acceptors (Lipinski definition) is 4. The Bertz CT molecular complexity index is 432. The Hall–Kier alpha value is -1.62. The maximum Gasteiger partial charge on any atom is 0.229 e. The summed E-state index contributed by atoms with van der Waals surface area (Å²) in [6, 6.07) is 4.24. The number of carbonyl (C=O) groups is 1. The van der Waals surface area contributed by atoms with Crippen LogP contribution >= 0.6 is 0 Å². The molecule has 1 aromatic heterocycles. The first-order chi connectivity index (χ1) is 8.78. The molecule has 1 amide bonds. The Kier molecular flexibility index (Phi) is 2.91. The Morgan fingerprint density at radius 3 is 2.83 bits per heavy atom. The second kappa shape index (κ2) is 4.57. The van der Waals surface area contributed by atoms with E-state index in [0.717, 1.165) is 12.1 Å². The predicted octanol–water partition coefficient (Wildman–Crippen LogP) is 0.632. The standard InChI is InChI=1S/C13H16N2O3/c1-17-12-3-2-9(14-6-12)4-13(16)15-10-5-11(15)8-18-7-10/h2-3,6,10-11H,4-5,7-8H2,1H3. The molecule has 0 aromatic carbocycles. The molecule has 0 radical (unpaired) electrons. The zero-order valence-corrected chi connectivity index (χ0v) is 10.3. The number of methoxy groups -OCH3 is 1. The van der Waals surface area contributed by atoms with E-state index in [1.54, 1.807) is 13.3 Å². The molecular formula is C13H16N2O3. The summed E-state index contributed by atoms with van der Waals surface area (Å²) in [6.45, 7) is 1.36. The first-order valence-corrected chi connectivity index (χ1v) is 6.16. The van der Waals surface area contributed by atoms with E-state index >= 15 is 0 Å². The van der Waals surface area contributed by atoms with Gasteiger partial charge in [-0.3, -0.25) is 9.78 Å². The van der Waals surface area contributed by atoms with Crippen LogP contribution in [0.25, 0.3) is 0 Å². The average molecular weight is 248 g/mol. The number of pyridine rings is 1. The van der Waals surface area contributed by atoms with Crippen molar-refractivity contribution in [3.8, 4) is 5.75 Å². The molecule has 0 N–H and O–H groups in total. The van der Waals surface area contributed by atoms with E-state index in [1.807, 2.05) is 17.0 Å². The molecule has 2 saturated heterocycles. The van der Waals surface area contributed by atoms with E-state index in [9.17, 15) is 4.79 Å². The molecular weight excluding hydrogens is 232 g/mol. The molecule has 0 spiro atoms. The molecule has 2 aliphatic heterocycles. The van der Waals surface area contributed by atoms with Gasteiger partial charge in [-0.25, -0.2) is 0 Å². The molecule has 2 atom stereocenters. The fourth-order valence-electron chi connectivity index (χ4n) is 2.63. The zero-order valence-electron chi connectivity index (χ0n) is 10.3. The fraction of sp³-hybridized carbons (Fsp3) is 0.538. The number of fused-ring (bicyclic) bond motifs is 2. The Morgan fingerprint density at radius 1 is 1.50 bits per heavy atom. The van der Waals surface area contributed by atoms with Crippen LogP contribution in [-0.4, -0.2) is 48.2 Å². The Morgan fingerprint density at radius 2 is 2.28 bits per heavy atom. The summed E-state index contributed by atoms with van der Waals surface area (Å²) in [5, 5.41) is 0. The van der Waals surface area contributed by atoms with Crippen molar-refractivity contribution in [3.05, 3.63) is 24.0 Å². The van der Waals surface area contributed by atoms with Crippen LogP contribution in [0, 0.1) is 0 Å². The minimum atomic E-state index is 0.150. The SMILES string of the molecule is COc1ccc(CC(=O)N2C3COCC2C3)nc1. The molecule has 0 saturated carbocycles. The second-order valence-electron chi connectivity index (χ2n) is 4.75. The quantitative estimate of drug-likeness (QED) is 0.787. The van der Waals surface area contributed by atoms with Crippen molar-refractivity contribution in [3.63, 3.8) is 0 Å². The Balaban J connectivity index is 1.63. The number of nitrogens with zero attached hydrogens (tertiary/aromatic N) is 2. The molecule has 2 bridgehead atoms. The van der Waals surface area contributed by atoms with Crippen molar-refractivity contribution in [2.75, 3.05) is 20.3 Å². The van der Waals surface area contributed by atoms with Gasteiger partial charge in [-0.1, -0.05) is 0 Å². The molecule has 5 heteroatoms. The molecule has 96 valence electrons. The van der Waals surface area contributed by atoms with Crippen LogP contribution in [0.5, 0.6) is 5.75 Å². The van der Waals surface area contributed by atoms with E-state index in [0.29, 0.717) is 25.4 Å². The topological polar surface area (TPSA) is 51.7 Å². The van der Waals surface area contributed by atoms with Gasteiger partial charge < -0.3 is 14.4 Å². The summed E-state index contributed by atoms with van der Waals surface area (Å²) in [6.07, 6.45) is 3.08. The van der Waals surface area contributed by atoms with Crippen LogP contribution < -0.4 is 4.74 Å². The molecule has 2 fully saturated rings. The highest BCUT2D eigenvalue weighted by molar-refractivity contribution is 5.80. The highest BCUT2D eigenvalue weighted by Gasteiger charge is 2.44. The van der Waals surface area contributed by atoms with Crippen LogP contribution in [0.4, 0.5) is 0 Å². The second-order valence-corrected chi connectivity index (χ2v) is 4.75. The number of amides is 1. The maximum absolute atomic E-state index is 12.2. The van der Waals surface area contributed by atoms with E-state index in [4.69, 9.17) is 9.47 Å². The number of aromatic nitrogens is 1. The summed E-state index contributed by atoms with van der Waals surface area (Å²) in [5.74, 6) is 0.859. The van der Waals surface area contributed by atoms with Crippen molar-refractivity contribution >= 4 is 5.91 Å². The summed E-state index contributed by atoms with van der Waals surface area (Å²) < 4.78 is 10.4. The largest absolute Gasteiger partial charge is 0.495 e. The summed E-state index contributed by atoms with van der Waals surface area (Å²) in [5.41, 5.74) is 0.784. The van der Waals surface area contributed by atoms with Crippen LogP contribution in [0.3, 0.4) is 0 Å². The van der Waals surface area contributed by atoms with Gasteiger partial charge in [0.1, 0.15) is 5.75 Å². The predicted molar refractivity (Wildman–Crippen MR) is 64.4 cm³/mol. The van der Waals surface area contributed by atoms with Crippen molar-refractivity contribution in [2.24, 2.45) is 0 Å². The van der Waals surface area contributed by atoms with Gasteiger partial charge in [-0.15, -0.1) is 0 Å². The molecule has 3 heterocycles. The third kappa shape index (κ3) is 1.95. The average Bonchev–Trinajstić information content (AvgIpc) is 2.40. The van der Waals surface area contributed by atoms with Crippen LogP contribution in [0.2, 0.25) is 0 Å². The molecule has 2 unspecified atom stereocenters. The van der Waals surface area contributed by atoms with Gasteiger partial charge in [0.2, 0.25) is 5.91 Å².